The highest BCUT2D eigenvalue weighted by Crippen LogP contribution is 2.55. The van der Waals surface area contributed by atoms with Gasteiger partial charge in [-0.1, -0.05) is 71.2 Å². The van der Waals surface area contributed by atoms with Crippen LogP contribution in [0.15, 0.2) is 36.4 Å². The standard InChI is InChI=1S/C34H50N4O4/c1-5-19-37(20-6-2)21-10-22-38-30(32(40)36-25-11-8-7-9-12-25)34-18-17-27(42-34)28(29(34)33(38)41)31(39)35-26-15-13-24(14-16-26)23(3)4/h13-18,23,25,27-30H,5-12,19-22H2,1-4H3,(H,35,39)(H,36,40)/t27-,28+,29-,30-,34+/m1/s1. The number of likely N-dealkylation sites (tertiary alicyclic amines) is 1. The average Bonchev–Trinajstić information content (AvgIpc) is 3.61. The molecule has 42 heavy (non-hydrogen) atoms. The third kappa shape index (κ3) is 6.02. The van der Waals surface area contributed by atoms with Gasteiger partial charge in [0.25, 0.3) is 0 Å². The number of ether oxygens (including phenoxy) is 1. The molecule has 1 aromatic rings. The molecule has 0 radical (unpaired) electrons. The van der Waals surface area contributed by atoms with Gasteiger partial charge in [-0.25, -0.2) is 0 Å². The van der Waals surface area contributed by atoms with Crippen LogP contribution in [-0.4, -0.2) is 77.5 Å². The first-order valence-electron chi connectivity index (χ1n) is 16.4. The Morgan fingerprint density at radius 2 is 1.71 bits per heavy atom. The Kier molecular flexibility index (Phi) is 9.73. The van der Waals surface area contributed by atoms with Crippen LogP contribution in [0.1, 0.15) is 90.5 Å². The van der Waals surface area contributed by atoms with Crippen molar-refractivity contribution in [1.82, 2.24) is 15.1 Å². The lowest BCUT2D eigenvalue weighted by Crippen LogP contribution is -2.56. The third-order valence-electron chi connectivity index (χ3n) is 9.67. The fraction of sp³-hybridized carbons (Fsp3) is 0.676. The van der Waals surface area contributed by atoms with Crippen LogP contribution in [0.4, 0.5) is 5.69 Å². The van der Waals surface area contributed by atoms with Gasteiger partial charge in [0.2, 0.25) is 17.7 Å². The van der Waals surface area contributed by atoms with Crippen molar-refractivity contribution in [2.24, 2.45) is 11.8 Å². The van der Waals surface area contributed by atoms with Crippen molar-refractivity contribution in [1.29, 1.82) is 0 Å². The maximum atomic E-state index is 14.2. The van der Waals surface area contributed by atoms with Gasteiger partial charge in [-0.2, -0.15) is 0 Å². The SMILES string of the molecule is CCCN(CCC)CCCN1C(=O)[C@H]2[C@@H](C(=O)Nc3ccc(C(C)C)cc3)[C@H]3C=C[C@@]2(O3)[C@H]1C(=O)NC1CCCCC1. The lowest BCUT2D eigenvalue weighted by atomic mass is 9.74. The Morgan fingerprint density at radius 3 is 2.36 bits per heavy atom. The van der Waals surface area contributed by atoms with Crippen molar-refractivity contribution >= 4 is 23.4 Å². The Balaban J connectivity index is 1.37. The molecule has 1 aliphatic carbocycles. The zero-order valence-electron chi connectivity index (χ0n) is 25.9. The van der Waals surface area contributed by atoms with Crippen LogP contribution >= 0.6 is 0 Å². The number of hydrogen-bond acceptors (Lipinski definition) is 5. The Hall–Kier alpha value is -2.71. The van der Waals surface area contributed by atoms with Crippen molar-refractivity contribution in [3.63, 3.8) is 0 Å². The zero-order chi connectivity index (χ0) is 29.9. The summed E-state index contributed by atoms with van der Waals surface area (Å²) in [7, 11) is 0. The predicted octanol–water partition coefficient (Wildman–Crippen LogP) is 4.86. The molecule has 1 spiro atoms. The van der Waals surface area contributed by atoms with Gasteiger partial charge in [-0.3, -0.25) is 14.4 Å². The van der Waals surface area contributed by atoms with E-state index in [0.29, 0.717) is 18.2 Å². The number of carbonyl (C=O) groups is 3. The van der Waals surface area contributed by atoms with E-state index in [1.165, 1.54) is 12.0 Å². The molecule has 1 aromatic carbocycles. The van der Waals surface area contributed by atoms with Crippen molar-refractivity contribution < 1.29 is 19.1 Å². The van der Waals surface area contributed by atoms with Crippen LogP contribution in [0.3, 0.4) is 0 Å². The monoisotopic (exact) mass is 578 g/mol. The highest BCUT2D eigenvalue weighted by Gasteiger charge is 2.72. The summed E-state index contributed by atoms with van der Waals surface area (Å²) in [6, 6.07) is 7.22. The number of nitrogens with one attached hydrogen (secondary N) is 2. The van der Waals surface area contributed by atoms with Gasteiger partial charge in [0.1, 0.15) is 11.6 Å². The first-order valence-corrected chi connectivity index (χ1v) is 16.4. The largest absolute Gasteiger partial charge is 0.359 e. The average molecular weight is 579 g/mol. The maximum Gasteiger partial charge on any atom is 0.246 e. The number of amides is 3. The fourth-order valence-corrected chi connectivity index (χ4v) is 7.64. The summed E-state index contributed by atoms with van der Waals surface area (Å²) in [5.41, 5.74) is 0.783. The van der Waals surface area contributed by atoms with E-state index in [4.69, 9.17) is 4.74 Å². The zero-order valence-corrected chi connectivity index (χ0v) is 25.9. The van der Waals surface area contributed by atoms with Crippen molar-refractivity contribution in [3.8, 4) is 0 Å². The van der Waals surface area contributed by atoms with E-state index in [0.717, 1.165) is 64.6 Å². The molecular formula is C34H50N4O4. The van der Waals surface area contributed by atoms with Crippen LogP contribution in [0.25, 0.3) is 0 Å². The van der Waals surface area contributed by atoms with Crippen LogP contribution in [0, 0.1) is 11.8 Å². The number of rotatable bonds is 13. The van der Waals surface area contributed by atoms with Crippen LogP contribution in [-0.2, 0) is 19.1 Å². The van der Waals surface area contributed by atoms with E-state index in [2.05, 4.69) is 43.2 Å². The van der Waals surface area contributed by atoms with E-state index in [1.807, 2.05) is 36.4 Å². The van der Waals surface area contributed by atoms with Gasteiger partial charge in [0.15, 0.2) is 0 Å². The van der Waals surface area contributed by atoms with Gasteiger partial charge >= 0.3 is 0 Å². The molecule has 2 saturated heterocycles. The van der Waals surface area contributed by atoms with Gasteiger partial charge in [-0.05, 0) is 75.4 Å². The first kappa shape index (κ1) is 30.7. The summed E-state index contributed by atoms with van der Waals surface area (Å²) >= 11 is 0. The van der Waals surface area contributed by atoms with Crippen molar-refractivity contribution in [3.05, 3.63) is 42.0 Å². The Morgan fingerprint density at radius 1 is 1.02 bits per heavy atom. The van der Waals surface area contributed by atoms with Crippen LogP contribution in [0.5, 0.6) is 0 Å². The Labute approximate surface area is 251 Å². The second-order valence-electron chi connectivity index (χ2n) is 13.0. The number of fused-ring (bicyclic) bond motifs is 1. The van der Waals surface area contributed by atoms with E-state index < -0.39 is 29.6 Å². The molecule has 2 bridgehead atoms. The third-order valence-corrected chi connectivity index (χ3v) is 9.67. The molecule has 0 unspecified atom stereocenters. The summed E-state index contributed by atoms with van der Waals surface area (Å²) in [6.45, 7) is 12.0. The van der Waals surface area contributed by atoms with Gasteiger partial charge in [0, 0.05) is 18.3 Å². The molecular weight excluding hydrogens is 528 g/mol. The number of nitrogens with zero attached hydrogens (tertiary/aromatic N) is 2. The molecule has 3 heterocycles. The minimum absolute atomic E-state index is 0.124. The molecule has 230 valence electrons. The summed E-state index contributed by atoms with van der Waals surface area (Å²) in [4.78, 5) is 46.2. The molecule has 4 aliphatic rings. The maximum absolute atomic E-state index is 14.2. The minimum atomic E-state index is -1.11. The molecule has 5 atom stereocenters. The molecule has 5 rings (SSSR count). The second-order valence-corrected chi connectivity index (χ2v) is 13.0. The highest BCUT2D eigenvalue weighted by molar-refractivity contribution is 6.02. The van der Waals surface area contributed by atoms with E-state index in [9.17, 15) is 14.4 Å². The summed E-state index contributed by atoms with van der Waals surface area (Å²) in [5.74, 6) is -1.52. The molecule has 3 amide bonds. The van der Waals surface area contributed by atoms with E-state index in [-0.39, 0.29) is 23.8 Å². The number of anilines is 1. The fourth-order valence-electron chi connectivity index (χ4n) is 7.64. The van der Waals surface area contributed by atoms with E-state index >= 15 is 0 Å². The van der Waals surface area contributed by atoms with Gasteiger partial charge in [0.05, 0.1) is 17.9 Å². The van der Waals surface area contributed by atoms with E-state index in [1.54, 1.807) is 4.90 Å². The highest BCUT2D eigenvalue weighted by atomic mass is 16.5. The van der Waals surface area contributed by atoms with Crippen molar-refractivity contribution in [2.45, 2.75) is 109 Å². The Bertz CT molecular complexity index is 1140. The first-order chi connectivity index (χ1) is 20.3. The van der Waals surface area contributed by atoms with Crippen molar-refractivity contribution in [2.75, 3.05) is 31.5 Å². The minimum Gasteiger partial charge on any atom is -0.359 e. The van der Waals surface area contributed by atoms with Crippen LogP contribution < -0.4 is 10.6 Å². The lowest BCUT2D eigenvalue weighted by molar-refractivity contribution is -0.141. The molecule has 3 aliphatic heterocycles. The van der Waals surface area contributed by atoms with Crippen LogP contribution in [0.2, 0.25) is 0 Å². The number of benzene rings is 1. The molecule has 3 fully saturated rings. The number of hydrogen-bond donors (Lipinski definition) is 2. The lowest BCUT2D eigenvalue weighted by Gasteiger charge is -2.34. The molecule has 8 nitrogen and oxygen atoms in total. The normalized spacial score (nSPS) is 28.6. The molecule has 0 aromatic heterocycles. The molecule has 8 heteroatoms. The topological polar surface area (TPSA) is 91.0 Å². The summed E-state index contributed by atoms with van der Waals surface area (Å²) < 4.78 is 6.53. The molecule has 2 N–H and O–H groups in total. The molecule has 1 saturated carbocycles. The smallest absolute Gasteiger partial charge is 0.246 e. The summed E-state index contributed by atoms with van der Waals surface area (Å²) in [6.07, 6.45) is 11.6. The quantitative estimate of drug-likeness (QED) is 0.326. The van der Waals surface area contributed by atoms with Gasteiger partial charge < -0.3 is 25.2 Å². The number of carbonyl (C=O) groups excluding carboxylic acids is 3. The predicted molar refractivity (Wildman–Crippen MR) is 165 cm³/mol. The van der Waals surface area contributed by atoms with Gasteiger partial charge in [-0.15, -0.1) is 0 Å². The summed E-state index contributed by atoms with van der Waals surface area (Å²) in [5, 5.41) is 6.33. The second kappa shape index (κ2) is 13.3.